The number of hydrogen-bond acceptors (Lipinski definition) is 4. The van der Waals surface area contributed by atoms with E-state index in [-0.39, 0.29) is 0 Å². The second-order valence-electron chi connectivity index (χ2n) is 5.20. The Bertz CT molecular complexity index is 851. The highest BCUT2D eigenvalue weighted by Crippen LogP contribution is 2.26. The smallest absolute Gasteiger partial charge is 0.123 e. The molecule has 3 aromatic rings. The Morgan fingerprint density at radius 3 is 2.35 bits per heavy atom. The minimum absolute atomic E-state index is 0.633. The summed E-state index contributed by atoms with van der Waals surface area (Å²) in [5, 5.41) is 1.03. The Hall–Kier alpha value is -2.72. The lowest BCUT2D eigenvalue weighted by atomic mass is 10.2. The van der Waals surface area contributed by atoms with Gasteiger partial charge in [0.25, 0.3) is 0 Å². The number of allylic oxidation sites excluding steroid dienone is 1. The third-order valence-electron chi connectivity index (χ3n) is 3.67. The molecule has 112 valence electrons. The van der Waals surface area contributed by atoms with Gasteiger partial charge in [-0.1, -0.05) is 48.5 Å². The molecule has 1 aliphatic heterocycles. The van der Waals surface area contributed by atoms with Crippen LogP contribution in [0.15, 0.2) is 84.1 Å². The fourth-order valence-electron chi connectivity index (χ4n) is 2.47. The van der Waals surface area contributed by atoms with Crippen LogP contribution in [0.25, 0.3) is 10.6 Å². The first-order valence-corrected chi connectivity index (χ1v) is 8.28. The van der Waals surface area contributed by atoms with E-state index in [1.165, 1.54) is 0 Å². The molecular weight excluding hydrogens is 302 g/mol. The number of thiazole rings is 1. The Morgan fingerprint density at radius 2 is 1.65 bits per heavy atom. The highest BCUT2D eigenvalue weighted by Gasteiger charge is 2.12. The molecule has 3 nitrogen and oxygen atoms in total. The first-order chi connectivity index (χ1) is 11.4. The number of nitrogens with zero attached hydrogens (tertiary/aromatic N) is 3. The predicted molar refractivity (Wildman–Crippen MR) is 97.0 cm³/mol. The van der Waals surface area contributed by atoms with Crippen LogP contribution in [0.1, 0.15) is 4.88 Å². The van der Waals surface area contributed by atoms with Crippen molar-refractivity contribution in [2.24, 2.45) is 4.99 Å². The molecule has 0 radical (unpaired) electrons. The van der Waals surface area contributed by atoms with E-state index in [1.54, 1.807) is 11.3 Å². The summed E-state index contributed by atoms with van der Waals surface area (Å²) in [6, 6.07) is 20.5. The molecule has 0 fully saturated rings. The summed E-state index contributed by atoms with van der Waals surface area (Å²) in [7, 11) is 0. The van der Waals surface area contributed by atoms with Crippen LogP contribution in [-0.2, 0) is 0 Å². The molecule has 4 rings (SSSR count). The summed E-state index contributed by atoms with van der Waals surface area (Å²) in [5.41, 5.74) is 3.30. The van der Waals surface area contributed by atoms with Gasteiger partial charge in [-0.3, -0.25) is 4.99 Å². The van der Waals surface area contributed by atoms with E-state index in [2.05, 4.69) is 46.4 Å². The van der Waals surface area contributed by atoms with Gasteiger partial charge in [0.15, 0.2) is 0 Å². The molecule has 0 spiro atoms. The summed E-state index contributed by atoms with van der Waals surface area (Å²) < 4.78 is 0. The normalized spacial score (nSPS) is 13.9. The number of rotatable bonds is 3. The van der Waals surface area contributed by atoms with Crippen molar-refractivity contribution in [3.63, 3.8) is 0 Å². The van der Waals surface area contributed by atoms with Gasteiger partial charge in [-0.15, -0.1) is 11.3 Å². The second kappa shape index (κ2) is 6.18. The van der Waals surface area contributed by atoms with E-state index in [0.717, 1.165) is 26.8 Å². The van der Waals surface area contributed by atoms with Crippen LogP contribution >= 0.6 is 11.3 Å². The Labute approximate surface area is 139 Å². The number of hydrogen-bond donors (Lipinski definition) is 0. The van der Waals surface area contributed by atoms with Crippen LogP contribution in [0.3, 0.4) is 0 Å². The fourth-order valence-corrected chi connectivity index (χ4v) is 3.38. The van der Waals surface area contributed by atoms with Gasteiger partial charge in [0, 0.05) is 23.6 Å². The lowest BCUT2D eigenvalue weighted by molar-refractivity contribution is 0.964. The first-order valence-electron chi connectivity index (χ1n) is 7.46. The first kappa shape index (κ1) is 13.9. The van der Waals surface area contributed by atoms with Crippen LogP contribution in [0.4, 0.5) is 5.69 Å². The molecule has 1 aromatic heterocycles. The third-order valence-corrected chi connectivity index (χ3v) is 4.74. The summed E-state index contributed by atoms with van der Waals surface area (Å²) in [5.74, 6) is 0. The highest BCUT2D eigenvalue weighted by atomic mass is 32.1. The van der Waals surface area contributed by atoms with E-state index in [4.69, 9.17) is 4.99 Å². The van der Waals surface area contributed by atoms with Crippen molar-refractivity contribution in [1.29, 1.82) is 0 Å². The van der Waals surface area contributed by atoms with Crippen LogP contribution < -0.4 is 4.90 Å². The Kier molecular flexibility index (Phi) is 3.74. The van der Waals surface area contributed by atoms with Gasteiger partial charge in [0.2, 0.25) is 0 Å². The van der Waals surface area contributed by atoms with Crippen molar-refractivity contribution in [1.82, 2.24) is 4.98 Å². The summed E-state index contributed by atoms with van der Waals surface area (Å²) >= 11 is 1.68. The van der Waals surface area contributed by atoms with E-state index in [1.807, 2.05) is 42.6 Å². The van der Waals surface area contributed by atoms with Crippen LogP contribution in [-0.4, -0.2) is 17.4 Å². The Morgan fingerprint density at radius 1 is 0.913 bits per heavy atom. The lowest BCUT2D eigenvalue weighted by Crippen LogP contribution is -2.21. The van der Waals surface area contributed by atoms with E-state index in [0.29, 0.717) is 6.67 Å². The predicted octanol–water partition coefficient (Wildman–Crippen LogP) is 4.59. The molecular formula is C19H15N3S. The quantitative estimate of drug-likeness (QED) is 0.707. The van der Waals surface area contributed by atoms with Crippen LogP contribution in [0, 0.1) is 0 Å². The number of anilines is 1. The molecule has 2 heterocycles. The van der Waals surface area contributed by atoms with E-state index < -0.39 is 0 Å². The molecule has 1 aliphatic rings. The molecule has 0 bridgehead atoms. The zero-order valence-electron chi connectivity index (χ0n) is 12.5. The largest absolute Gasteiger partial charge is 0.328 e. The maximum Gasteiger partial charge on any atom is 0.123 e. The summed E-state index contributed by atoms with van der Waals surface area (Å²) in [6.07, 6.45) is 6.05. The van der Waals surface area contributed by atoms with Gasteiger partial charge < -0.3 is 4.90 Å². The average Bonchev–Trinajstić information content (AvgIpc) is 3.14. The summed E-state index contributed by atoms with van der Waals surface area (Å²) in [4.78, 5) is 12.5. The van der Waals surface area contributed by atoms with Crippen LogP contribution in [0.2, 0.25) is 0 Å². The molecule has 0 saturated carbocycles. The van der Waals surface area contributed by atoms with E-state index in [9.17, 15) is 0 Å². The fraction of sp³-hybridized carbons (Fsp3) is 0.0526. The number of aromatic nitrogens is 1. The van der Waals surface area contributed by atoms with Crippen molar-refractivity contribution in [2.75, 3.05) is 11.6 Å². The SMILES string of the molecule is C1=CN(c2ccccc2)CN=C1c1cnc(-c2ccccc2)s1. The van der Waals surface area contributed by atoms with Gasteiger partial charge in [-0.2, -0.15) is 0 Å². The highest BCUT2D eigenvalue weighted by molar-refractivity contribution is 7.17. The zero-order valence-corrected chi connectivity index (χ0v) is 13.3. The van der Waals surface area contributed by atoms with Crippen molar-refractivity contribution in [3.8, 4) is 10.6 Å². The van der Waals surface area contributed by atoms with Gasteiger partial charge in [0.05, 0.1) is 10.6 Å². The molecule has 0 atom stereocenters. The molecule has 0 N–H and O–H groups in total. The van der Waals surface area contributed by atoms with Crippen molar-refractivity contribution in [2.45, 2.75) is 0 Å². The van der Waals surface area contributed by atoms with Gasteiger partial charge in [-0.25, -0.2) is 4.98 Å². The minimum Gasteiger partial charge on any atom is -0.328 e. The van der Waals surface area contributed by atoms with Gasteiger partial charge >= 0.3 is 0 Å². The second-order valence-corrected chi connectivity index (χ2v) is 6.23. The maximum absolute atomic E-state index is 4.69. The van der Waals surface area contributed by atoms with Crippen molar-refractivity contribution in [3.05, 3.63) is 84.0 Å². The summed E-state index contributed by atoms with van der Waals surface area (Å²) in [6.45, 7) is 0.633. The number of benzene rings is 2. The molecule has 23 heavy (non-hydrogen) atoms. The third kappa shape index (κ3) is 2.94. The monoisotopic (exact) mass is 317 g/mol. The van der Waals surface area contributed by atoms with Crippen LogP contribution in [0.5, 0.6) is 0 Å². The standard InChI is InChI=1S/C19H15N3S/c1-3-7-15(8-4-1)19-20-13-18(23-19)17-11-12-22(14-21-17)16-9-5-2-6-10-16/h1-13H,14H2. The van der Waals surface area contributed by atoms with Crippen molar-refractivity contribution >= 4 is 22.7 Å². The topological polar surface area (TPSA) is 28.5 Å². The zero-order chi connectivity index (χ0) is 15.5. The molecule has 4 heteroatoms. The molecule has 2 aromatic carbocycles. The molecule has 0 amide bonds. The number of aliphatic imine (C=N–C) groups is 1. The van der Waals surface area contributed by atoms with E-state index >= 15 is 0 Å². The average molecular weight is 317 g/mol. The van der Waals surface area contributed by atoms with Gasteiger partial charge in [0.1, 0.15) is 11.7 Å². The minimum atomic E-state index is 0.633. The molecule has 0 aliphatic carbocycles. The number of para-hydroxylation sites is 1. The van der Waals surface area contributed by atoms with Crippen molar-refractivity contribution < 1.29 is 0 Å². The Balaban J connectivity index is 1.54. The molecule has 0 saturated heterocycles. The van der Waals surface area contributed by atoms with Gasteiger partial charge in [-0.05, 0) is 18.2 Å². The lowest BCUT2D eigenvalue weighted by Gasteiger charge is -2.21. The maximum atomic E-state index is 4.69. The molecule has 0 unspecified atom stereocenters.